The number of aryl methyl sites for hydroxylation is 4. The number of benzene rings is 2. The van der Waals surface area contributed by atoms with Crippen molar-refractivity contribution in [3.05, 3.63) is 58.7 Å². The molecule has 0 aromatic heterocycles. The number of nitrogens with one attached hydrogen (secondary N) is 2. The average molecular weight is 310 g/mol. The molecule has 0 heterocycles. The van der Waals surface area contributed by atoms with Crippen LogP contribution in [0.2, 0.25) is 0 Å². The molecule has 23 heavy (non-hydrogen) atoms. The van der Waals surface area contributed by atoms with Crippen molar-refractivity contribution < 1.29 is 9.59 Å². The van der Waals surface area contributed by atoms with Gasteiger partial charge in [-0.05, 0) is 49.9 Å². The number of carbonyl (C=O) groups is 2. The summed E-state index contributed by atoms with van der Waals surface area (Å²) in [5, 5.41) is 5.39. The van der Waals surface area contributed by atoms with E-state index in [9.17, 15) is 9.59 Å². The lowest BCUT2D eigenvalue weighted by Gasteiger charge is -2.13. The quantitative estimate of drug-likeness (QED) is 0.848. The van der Waals surface area contributed by atoms with Crippen LogP contribution in [0.5, 0.6) is 0 Å². The molecule has 0 fully saturated rings. The fraction of sp³-hybridized carbons (Fsp3) is 0.263. The molecule has 0 saturated heterocycles. The second kappa shape index (κ2) is 7.09. The van der Waals surface area contributed by atoms with Crippen molar-refractivity contribution >= 4 is 23.2 Å². The van der Waals surface area contributed by atoms with Gasteiger partial charge in [-0.15, -0.1) is 0 Å². The molecule has 0 bridgehead atoms. The Morgan fingerprint density at radius 3 is 2.09 bits per heavy atom. The normalized spacial score (nSPS) is 10.3. The zero-order valence-corrected chi connectivity index (χ0v) is 14.0. The monoisotopic (exact) mass is 310 g/mol. The number of rotatable bonds is 3. The second-order valence-corrected chi connectivity index (χ2v) is 5.69. The first-order valence-corrected chi connectivity index (χ1v) is 7.70. The topological polar surface area (TPSA) is 58.2 Å². The molecule has 2 aromatic carbocycles. The van der Waals surface area contributed by atoms with E-state index >= 15 is 0 Å². The molecule has 4 nitrogen and oxygen atoms in total. The second-order valence-electron chi connectivity index (χ2n) is 5.69. The smallest absolute Gasteiger partial charge is 0.314 e. The van der Waals surface area contributed by atoms with Crippen LogP contribution < -0.4 is 10.6 Å². The molecule has 0 aliphatic heterocycles. The first-order valence-electron chi connectivity index (χ1n) is 7.70. The minimum Gasteiger partial charge on any atom is -0.318 e. The molecule has 2 N–H and O–H groups in total. The van der Waals surface area contributed by atoms with Gasteiger partial charge in [0, 0.05) is 11.4 Å². The Bertz CT molecular complexity index is 728. The highest BCUT2D eigenvalue weighted by molar-refractivity contribution is 6.43. The molecule has 120 valence electrons. The summed E-state index contributed by atoms with van der Waals surface area (Å²) in [6, 6.07) is 11.4. The molecule has 0 saturated carbocycles. The Morgan fingerprint density at radius 1 is 0.913 bits per heavy atom. The van der Waals surface area contributed by atoms with E-state index in [0.717, 1.165) is 28.7 Å². The molecule has 0 aliphatic carbocycles. The molecule has 2 aromatic rings. The lowest BCUT2D eigenvalue weighted by molar-refractivity contribution is -0.133. The molecule has 0 atom stereocenters. The van der Waals surface area contributed by atoms with E-state index < -0.39 is 11.8 Å². The number of carbonyl (C=O) groups excluding carboxylic acids is 2. The maximum atomic E-state index is 12.2. The molecule has 2 amide bonds. The molecular formula is C19H22N2O2. The van der Waals surface area contributed by atoms with Crippen molar-refractivity contribution in [3.63, 3.8) is 0 Å². The van der Waals surface area contributed by atoms with E-state index in [1.807, 2.05) is 58.0 Å². The lowest BCUT2D eigenvalue weighted by Crippen LogP contribution is -2.30. The third-order valence-electron chi connectivity index (χ3n) is 3.77. The summed E-state index contributed by atoms with van der Waals surface area (Å²) in [6.45, 7) is 7.84. The van der Waals surface area contributed by atoms with Gasteiger partial charge in [0.2, 0.25) is 0 Å². The van der Waals surface area contributed by atoms with Crippen LogP contribution in [0, 0.1) is 20.8 Å². The highest BCUT2D eigenvalue weighted by Gasteiger charge is 2.17. The number of para-hydroxylation sites is 1. The van der Waals surface area contributed by atoms with Crippen LogP contribution in [0.3, 0.4) is 0 Å². The van der Waals surface area contributed by atoms with Crippen LogP contribution in [0.15, 0.2) is 36.4 Å². The molecular weight excluding hydrogens is 288 g/mol. The molecule has 0 aliphatic rings. The number of hydrogen-bond acceptors (Lipinski definition) is 2. The van der Waals surface area contributed by atoms with Gasteiger partial charge in [0.1, 0.15) is 0 Å². The van der Waals surface area contributed by atoms with Crippen molar-refractivity contribution in [2.75, 3.05) is 10.6 Å². The van der Waals surface area contributed by atoms with Crippen LogP contribution in [-0.2, 0) is 16.0 Å². The zero-order chi connectivity index (χ0) is 17.0. The van der Waals surface area contributed by atoms with E-state index in [4.69, 9.17) is 0 Å². The SMILES string of the molecule is CCc1ccccc1NC(=O)C(=O)Nc1c(C)cc(C)cc1C. The van der Waals surface area contributed by atoms with Crippen molar-refractivity contribution in [2.24, 2.45) is 0 Å². The van der Waals surface area contributed by atoms with E-state index in [0.29, 0.717) is 11.4 Å². The third kappa shape index (κ3) is 3.97. The summed E-state index contributed by atoms with van der Waals surface area (Å²) < 4.78 is 0. The van der Waals surface area contributed by atoms with Crippen LogP contribution in [0.4, 0.5) is 11.4 Å². The fourth-order valence-electron chi connectivity index (χ4n) is 2.68. The number of amides is 2. The van der Waals surface area contributed by atoms with Gasteiger partial charge in [-0.3, -0.25) is 9.59 Å². The van der Waals surface area contributed by atoms with E-state index in [1.165, 1.54) is 0 Å². The lowest BCUT2D eigenvalue weighted by atomic mass is 10.1. The van der Waals surface area contributed by atoms with Gasteiger partial charge in [0.15, 0.2) is 0 Å². The standard InChI is InChI=1S/C19H22N2O2/c1-5-15-8-6-7-9-16(15)20-18(22)19(23)21-17-13(3)10-12(2)11-14(17)4/h6-11H,5H2,1-4H3,(H,20,22)(H,21,23). The van der Waals surface area contributed by atoms with Crippen LogP contribution in [0.25, 0.3) is 0 Å². The summed E-state index contributed by atoms with van der Waals surface area (Å²) in [4.78, 5) is 24.3. The zero-order valence-electron chi connectivity index (χ0n) is 14.0. The minimum absolute atomic E-state index is 0.661. The van der Waals surface area contributed by atoms with Crippen LogP contribution in [-0.4, -0.2) is 11.8 Å². The summed E-state index contributed by atoms with van der Waals surface area (Å²) in [7, 11) is 0. The van der Waals surface area contributed by atoms with Gasteiger partial charge >= 0.3 is 11.8 Å². The molecule has 0 unspecified atom stereocenters. The number of hydrogen-bond donors (Lipinski definition) is 2. The Hall–Kier alpha value is -2.62. The van der Waals surface area contributed by atoms with E-state index in [1.54, 1.807) is 6.07 Å². The Morgan fingerprint density at radius 2 is 1.48 bits per heavy atom. The first kappa shape index (κ1) is 16.7. The summed E-state index contributed by atoms with van der Waals surface area (Å²) in [6.07, 6.45) is 0.786. The fourth-order valence-corrected chi connectivity index (χ4v) is 2.68. The van der Waals surface area contributed by atoms with Gasteiger partial charge in [0.25, 0.3) is 0 Å². The molecule has 4 heteroatoms. The largest absolute Gasteiger partial charge is 0.318 e. The van der Waals surface area contributed by atoms with E-state index in [2.05, 4.69) is 10.6 Å². The molecule has 2 rings (SSSR count). The van der Waals surface area contributed by atoms with Crippen molar-refractivity contribution in [2.45, 2.75) is 34.1 Å². The number of anilines is 2. The van der Waals surface area contributed by atoms with Gasteiger partial charge in [-0.25, -0.2) is 0 Å². The summed E-state index contributed by atoms with van der Waals surface area (Å²) in [5.74, 6) is -1.32. The predicted molar refractivity (Wildman–Crippen MR) is 93.7 cm³/mol. The van der Waals surface area contributed by atoms with Gasteiger partial charge < -0.3 is 10.6 Å². The van der Waals surface area contributed by atoms with Gasteiger partial charge in [0.05, 0.1) is 0 Å². The van der Waals surface area contributed by atoms with Crippen molar-refractivity contribution in [1.29, 1.82) is 0 Å². The first-order chi connectivity index (χ1) is 10.9. The van der Waals surface area contributed by atoms with Crippen LogP contribution in [0.1, 0.15) is 29.2 Å². The minimum atomic E-state index is -0.662. The van der Waals surface area contributed by atoms with Gasteiger partial charge in [-0.2, -0.15) is 0 Å². The molecule has 0 spiro atoms. The van der Waals surface area contributed by atoms with Crippen molar-refractivity contribution in [3.8, 4) is 0 Å². The third-order valence-corrected chi connectivity index (χ3v) is 3.77. The summed E-state index contributed by atoms with van der Waals surface area (Å²) in [5.41, 5.74) is 5.37. The van der Waals surface area contributed by atoms with E-state index in [-0.39, 0.29) is 0 Å². The predicted octanol–water partition coefficient (Wildman–Crippen LogP) is 3.75. The van der Waals surface area contributed by atoms with Crippen LogP contribution >= 0.6 is 0 Å². The van der Waals surface area contributed by atoms with Crippen molar-refractivity contribution in [1.82, 2.24) is 0 Å². The highest BCUT2D eigenvalue weighted by Crippen LogP contribution is 2.22. The highest BCUT2D eigenvalue weighted by atomic mass is 16.2. The Labute approximate surface area is 136 Å². The maximum Gasteiger partial charge on any atom is 0.314 e. The Kier molecular flexibility index (Phi) is 5.16. The molecule has 0 radical (unpaired) electrons. The Balaban J connectivity index is 2.14. The maximum absolute atomic E-state index is 12.2. The van der Waals surface area contributed by atoms with Gasteiger partial charge in [-0.1, -0.05) is 42.8 Å². The summed E-state index contributed by atoms with van der Waals surface area (Å²) >= 11 is 0. The average Bonchev–Trinajstić information content (AvgIpc) is 2.51.